The van der Waals surface area contributed by atoms with Gasteiger partial charge in [-0.15, -0.1) is 0 Å². The molecule has 0 heterocycles. The number of nitrogens with one attached hydrogen (secondary N) is 1. The van der Waals surface area contributed by atoms with Crippen molar-refractivity contribution in [2.24, 2.45) is 0 Å². The first kappa shape index (κ1) is 19.9. The third-order valence-corrected chi connectivity index (χ3v) is 6.18. The topological polar surface area (TPSA) is 66.5 Å². The Morgan fingerprint density at radius 1 is 1.00 bits per heavy atom. The Morgan fingerprint density at radius 3 is 2.36 bits per heavy atom. The van der Waals surface area contributed by atoms with E-state index in [0.29, 0.717) is 16.4 Å². The first-order valence-electron chi connectivity index (χ1n) is 8.19. The lowest BCUT2D eigenvalue weighted by Crippen LogP contribution is -2.26. The highest BCUT2D eigenvalue weighted by Crippen LogP contribution is 2.24. The predicted octanol–water partition coefficient (Wildman–Crippen LogP) is 4.56. The second-order valence-electron chi connectivity index (χ2n) is 5.91. The first-order valence-corrected chi connectivity index (χ1v) is 10.0. The summed E-state index contributed by atoms with van der Waals surface area (Å²) in [4.78, 5) is 12.4. The molecule has 0 fully saturated rings. The van der Waals surface area contributed by atoms with Crippen molar-refractivity contribution < 1.29 is 17.6 Å². The molecular weight excluding hydrogens is 403 g/mol. The third-order valence-electron chi connectivity index (χ3n) is 4.07. The molecule has 3 aromatic rings. The lowest BCUT2D eigenvalue weighted by atomic mass is 10.2. The lowest BCUT2D eigenvalue weighted by molar-refractivity contribution is 0.102. The molecule has 28 heavy (non-hydrogen) atoms. The van der Waals surface area contributed by atoms with Crippen LogP contribution in [0.4, 0.5) is 15.8 Å². The minimum Gasteiger partial charge on any atom is -0.321 e. The third kappa shape index (κ3) is 4.16. The van der Waals surface area contributed by atoms with Gasteiger partial charge in [-0.2, -0.15) is 0 Å². The molecule has 0 atom stereocenters. The molecule has 0 radical (unpaired) electrons. The van der Waals surface area contributed by atoms with Gasteiger partial charge in [0.15, 0.2) is 0 Å². The summed E-state index contributed by atoms with van der Waals surface area (Å²) in [6.07, 6.45) is 0. The van der Waals surface area contributed by atoms with Gasteiger partial charge in [-0.25, -0.2) is 12.8 Å². The van der Waals surface area contributed by atoms with Gasteiger partial charge in [-0.05, 0) is 54.6 Å². The van der Waals surface area contributed by atoms with E-state index in [4.69, 9.17) is 11.6 Å². The maximum absolute atomic E-state index is 13.1. The Bertz CT molecular complexity index is 1120. The number of hydrogen-bond acceptors (Lipinski definition) is 3. The van der Waals surface area contributed by atoms with Crippen LogP contribution in [0.15, 0.2) is 77.7 Å². The van der Waals surface area contributed by atoms with E-state index in [-0.39, 0.29) is 10.5 Å². The molecule has 144 valence electrons. The fraction of sp³-hybridized carbons (Fsp3) is 0.0500. The van der Waals surface area contributed by atoms with Crippen LogP contribution in [-0.4, -0.2) is 21.4 Å². The van der Waals surface area contributed by atoms with Crippen molar-refractivity contribution in [3.8, 4) is 0 Å². The second-order valence-corrected chi connectivity index (χ2v) is 8.29. The van der Waals surface area contributed by atoms with Crippen LogP contribution in [0.1, 0.15) is 10.4 Å². The van der Waals surface area contributed by atoms with Crippen molar-refractivity contribution in [3.05, 3.63) is 89.2 Å². The number of carbonyl (C=O) groups is 1. The quantitative estimate of drug-likeness (QED) is 0.660. The van der Waals surface area contributed by atoms with Crippen molar-refractivity contribution >= 4 is 38.9 Å². The fourth-order valence-corrected chi connectivity index (χ4v) is 3.93. The maximum Gasteiger partial charge on any atom is 0.264 e. The Morgan fingerprint density at radius 2 is 1.68 bits per heavy atom. The van der Waals surface area contributed by atoms with Crippen LogP contribution >= 0.6 is 11.6 Å². The van der Waals surface area contributed by atoms with Crippen LogP contribution in [0.3, 0.4) is 0 Å². The SMILES string of the molecule is CN(c1ccc(F)cc1)S(=O)(=O)c1cccc(C(=O)Nc2ccccc2Cl)c1. The number of amides is 1. The number of carbonyl (C=O) groups excluding carboxylic acids is 1. The Kier molecular flexibility index (Phi) is 5.67. The van der Waals surface area contributed by atoms with Crippen LogP contribution in [0.5, 0.6) is 0 Å². The standard InChI is InChI=1S/C20H16ClFN2O3S/c1-24(16-11-9-15(22)10-12-16)28(26,27)17-6-4-5-14(13-17)20(25)23-19-8-3-2-7-18(19)21/h2-13H,1H3,(H,23,25). The summed E-state index contributed by atoms with van der Waals surface area (Å²) in [5.74, 6) is -0.956. The summed E-state index contributed by atoms with van der Waals surface area (Å²) in [5.41, 5.74) is 0.881. The molecule has 0 unspecified atom stereocenters. The zero-order valence-corrected chi connectivity index (χ0v) is 16.3. The van der Waals surface area contributed by atoms with Crippen molar-refractivity contribution in [2.45, 2.75) is 4.90 Å². The molecule has 0 saturated heterocycles. The van der Waals surface area contributed by atoms with Gasteiger partial charge in [0.2, 0.25) is 0 Å². The number of sulfonamides is 1. The molecule has 1 amide bonds. The van der Waals surface area contributed by atoms with Gasteiger partial charge in [0.25, 0.3) is 15.9 Å². The van der Waals surface area contributed by atoms with Gasteiger partial charge in [0.05, 0.1) is 21.3 Å². The molecule has 0 bridgehead atoms. The van der Waals surface area contributed by atoms with Crippen LogP contribution in [0, 0.1) is 5.82 Å². The zero-order valence-electron chi connectivity index (χ0n) is 14.8. The number of para-hydroxylation sites is 1. The van der Waals surface area contributed by atoms with Crippen LogP contribution in [-0.2, 0) is 10.0 Å². The number of hydrogen-bond donors (Lipinski definition) is 1. The van der Waals surface area contributed by atoms with Crippen molar-refractivity contribution in [3.63, 3.8) is 0 Å². The highest BCUT2D eigenvalue weighted by atomic mass is 35.5. The molecule has 0 aliphatic carbocycles. The predicted molar refractivity (Wildman–Crippen MR) is 108 cm³/mol. The van der Waals surface area contributed by atoms with Crippen molar-refractivity contribution in [1.82, 2.24) is 0 Å². The first-order chi connectivity index (χ1) is 13.3. The number of benzene rings is 3. The molecule has 1 N–H and O–H groups in total. The minimum absolute atomic E-state index is 0.0638. The van der Waals surface area contributed by atoms with Crippen LogP contribution < -0.4 is 9.62 Å². The van der Waals surface area contributed by atoms with Gasteiger partial charge in [-0.3, -0.25) is 9.10 Å². The van der Waals surface area contributed by atoms with Crippen molar-refractivity contribution in [2.75, 3.05) is 16.7 Å². The number of anilines is 2. The Balaban J connectivity index is 1.88. The molecule has 0 spiro atoms. The number of rotatable bonds is 5. The highest BCUT2D eigenvalue weighted by Gasteiger charge is 2.22. The normalized spacial score (nSPS) is 11.1. The molecule has 0 saturated carbocycles. The van der Waals surface area contributed by atoms with Gasteiger partial charge >= 0.3 is 0 Å². The minimum atomic E-state index is -3.94. The van der Waals surface area contributed by atoms with Crippen molar-refractivity contribution in [1.29, 1.82) is 0 Å². The maximum atomic E-state index is 13.1. The van der Waals surface area contributed by atoms with Gasteiger partial charge in [0, 0.05) is 12.6 Å². The van der Waals surface area contributed by atoms with E-state index in [1.54, 1.807) is 24.3 Å². The average Bonchev–Trinajstić information content (AvgIpc) is 2.70. The van der Waals surface area contributed by atoms with Gasteiger partial charge in [-0.1, -0.05) is 29.8 Å². The highest BCUT2D eigenvalue weighted by molar-refractivity contribution is 7.92. The molecule has 3 aromatic carbocycles. The van der Waals surface area contributed by atoms with E-state index >= 15 is 0 Å². The molecule has 0 aliphatic rings. The van der Waals surface area contributed by atoms with Gasteiger partial charge < -0.3 is 5.32 Å². The Hall–Kier alpha value is -2.90. The smallest absolute Gasteiger partial charge is 0.264 e. The van der Waals surface area contributed by atoms with Gasteiger partial charge in [0.1, 0.15) is 5.82 Å². The molecule has 8 heteroatoms. The molecule has 0 aliphatic heterocycles. The summed E-state index contributed by atoms with van der Waals surface area (Å²) < 4.78 is 39.9. The number of nitrogens with zero attached hydrogens (tertiary/aromatic N) is 1. The summed E-state index contributed by atoms with van der Waals surface area (Å²) in [7, 11) is -2.58. The molecule has 5 nitrogen and oxygen atoms in total. The number of halogens is 2. The van der Waals surface area contributed by atoms with E-state index in [1.165, 1.54) is 55.6 Å². The average molecular weight is 419 g/mol. The summed E-state index contributed by atoms with van der Waals surface area (Å²) in [6, 6.07) is 17.5. The molecular formula is C20H16ClFN2O3S. The lowest BCUT2D eigenvalue weighted by Gasteiger charge is -2.20. The largest absolute Gasteiger partial charge is 0.321 e. The van der Waals surface area contributed by atoms with Crippen LogP contribution in [0.2, 0.25) is 5.02 Å². The monoisotopic (exact) mass is 418 g/mol. The fourth-order valence-electron chi connectivity index (χ4n) is 2.50. The molecule has 0 aromatic heterocycles. The second kappa shape index (κ2) is 8.00. The summed E-state index contributed by atoms with van der Waals surface area (Å²) >= 11 is 6.04. The van der Waals surface area contributed by atoms with E-state index in [2.05, 4.69) is 5.32 Å². The zero-order chi connectivity index (χ0) is 20.3. The van der Waals surface area contributed by atoms with E-state index < -0.39 is 21.7 Å². The summed E-state index contributed by atoms with van der Waals surface area (Å²) in [6.45, 7) is 0. The van der Waals surface area contributed by atoms with Crippen LogP contribution in [0.25, 0.3) is 0 Å². The Labute approximate surface area is 167 Å². The van der Waals surface area contributed by atoms with E-state index in [0.717, 1.165) is 4.31 Å². The van der Waals surface area contributed by atoms with E-state index in [9.17, 15) is 17.6 Å². The summed E-state index contributed by atoms with van der Waals surface area (Å²) in [5, 5.41) is 3.02. The molecule has 3 rings (SSSR count). The van der Waals surface area contributed by atoms with E-state index in [1.807, 2.05) is 0 Å².